The van der Waals surface area contributed by atoms with Gasteiger partial charge in [-0.2, -0.15) is 18.4 Å². The van der Waals surface area contributed by atoms with E-state index in [2.05, 4.69) is 6.07 Å². The number of halogens is 3. The van der Waals surface area contributed by atoms with E-state index < -0.39 is 23.8 Å². The number of hydrogen-bond acceptors (Lipinski definition) is 5. The molecular formula is C22H26F3N5O2. The maximum absolute atomic E-state index is 13.0. The van der Waals surface area contributed by atoms with E-state index >= 15 is 0 Å². The molecule has 4 rings (SSSR count). The van der Waals surface area contributed by atoms with E-state index in [1.807, 2.05) is 11.8 Å². The van der Waals surface area contributed by atoms with Gasteiger partial charge in [0.05, 0.1) is 29.8 Å². The molecule has 32 heavy (non-hydrogen) atoms. The van der Waals surface area contributed by atoms with Crippen molar-refractivity contribution in [3.63, 3.8) is 0 Å². The van der Waals surface area contributed by atoms with E-state index in [1.54, 1.807) is 4.90 Å². The molecule has 3 aliphatic heterocycles. The van der Waals surface area contributed by atoms with Gasteiger partial charge in [0.25, 0.3) is 0 Å². The fraction of sp³-hybridized carbons (Fsp3) is 0.591. The van der Waals surface area contributed by atoms with Crippen molar-refractivity contribution < 1.29 is 22.8 Å². The summed E-state index contributed by atoms with van der Waals surface area (Å²) in [7, 11) is 0. The number of carbonyl (C=O) groups is 2. The summed E-state index contributed by atoms with van der Waals surface area (Å²) in [5, 5.41) is 9.20. The Hall–Kier alpha value is -2.64. The van der Waals surface area contributed by atoms with Crippen LogP contribution in [-0.2, 0) is 15.8 Å². The third-order valence-electron chi connectivity index (χ3n) is 6.89. The molecule has 2 amide bonds. The number of alkyl halides is 3. The average Bonchev–Trinajstić information content (AvgIpc) is 3.46. The molecule has 0 spiro atoms. The van der Waals surface area contributed by atoms with E-state index in [0.29, 0.717) is 31.5 Å². The molecule has 5 atom stereocenters. The number of nitrogens with two attached hydrogens (primary N) is 1. The Morgan fingerprint density at radius 3 is 2.59 bits per heavy atom. The molecule has 7 nitrogen and oxygen atoms in total. The molecule has 3 heterocycles. The number of hydrogen-bond donors (Lipinski definition) is 1. The van der Waals surface area contributed by atoms with Gasteiger partial charge in [0.2, 0.25) is 11.8 Å². The topological polar surface area (TPSA) is 93.7 Å². The van der Waals surface area contributed by atoms with Crippen molar-refractivity contribution in [2.24, 2.45) is 5.73 Å². The number of amides is 2. The number of nitrogens with zero attached hydrogens (tertiary/aromatic N) is 4. The summed E-state index contributed by atoms with van der Waals surface area (Å²) in [5.41, 5.74) is 6.08. The second kappa shape index (κ2) is 8.37. The number of fused-ring (bicyclic) bond motifs is 2. The van der Waals surface area contributed by atoms with Crippen LogP contribution < -0.4 is 5.73 Å². The Kier molecular flexibility index (Phi) is 5.90. The van der Waals surface area contributed by atoms with Crippen LogP contribution in [0.15, 0.2) is 24.3 Å². The molecule has 0 radical (unpaired) electrons. The van der Waals surface area contributed by atoms with Crippen LogP contribution in [0.25, 0.3) is 0 Å². The molecule has 3 aliphatic rings. The molecule has 1 aromatic carbocycles. The summed E-state index contributed by atoms with van der Waals surface area (Å²) in [6.07, 6.45) is -2.36. The number of piperazine rings is 1. The van der Waals surface area contributed by atoms with Crippen molar-refractivity contribution in [3.05, 3.63) is 35.4 Å². The normalized spacial score (nSPS) is 27.6. The summed E-state index contributed by atoms with van der Waals surface area (Å²) in [4.78, 5) is 30.9. The Morgan fingerprint density at radius 2 is 2.00 bits per heavy atom. The van der Waals surface area contributed by atoms with Gasteiger partial charge >= 0.3 is 6.18 Å². The predicted octanol–water partition coefficient (Wildman–Crippen LogP) is 1.89. The minimum atomic E-state index is -4.40. The molecule has 2 N–H and O–H groups in total. The van der Waals surface area contributed by atoms with Crippen LogP contribution in [0, 0.1) is 11.3 Å². The highest BCUT2D eigenvalue weighted by Gasteiger charge is 2.51. The van der Waals surface area contributed by atoms with Crippen LogP contribution in [0.3, 0.4) is 0 Å². The zero-order valence-corrected chi connectivity index (χ0v) is 17.8. The lowest BCUT2D eigenvalue weighted by Crippen LogP contribution is -2.56. The second-order valence-electron chi connectivity index (χ2n) is 8.83. The van der Waals surface area contributed by atoms with Gasteiger partial charge < -0.3 is 15.5 Å². The SMILES string of the molecule is C[C@H](c1ccc(C(F)(F)F)cc1)N1C(=O)[C@H]2C[C@H]1CN2C[C@H](N)C(=O)N1CCC[C@H]1C#N. The van der Waals surface area contributed by atoms with Crippen LogP contribution in [0.1, 0.15) is 43.4 Å². The molecule has 0 aliphatic carbocycles. The van der Waals surface area contributed by atoms with E-state index in [-0.39, 0.29) is 36.5 Å². The van der Waals surface area contributed by atoms with E-state index in [0.717, 1.165) is 18.6 Å². The van der Waals surface area contributed by atoms with Crippen molar-refractivity contribution in [1.29, 1.82) is 5.26 Å². The van der Waals surface area contributed by atoms with Crippen LogP contribution in [0.5, 0.6) is 0 Å². The zero-order chi connectivity index (χ0) is 23.2. The fourth-order valence-electron chi connectivity index (χ4n) is 5.22. The van der Waals surface area contributed by atoms with Gasteiger partial charge in [-0.1, -0.05) is 12.1 Å². The van der Waals surface area contributed by atoms with Gasteiger partial charge in [-0.25, -0.2) is 0 Å². The summed E-state index contributed by atoms with van der Waals surface area (Å²) in [5.74, 6) is -0.358. The summed E-state index contributed by atoms with van der Waals surface area (Å²) in [6.45, 7) is 3.14. The molecule has 172 valence electrons. The van der Waals surface area contributed by atoms with Crippen LogP contribution in [0.4, 0.5) is 13.2 Å². The van der Waals surface area contributed by atoms with Gasteiger partial charge in [0, 0.05) is 25.7 Å². The van der Waals surface area contributed by atoms with Crippen LogP contribution in [-0.4, -0.2) is 70.3 Å². The van der Waals surface area contributed by atoms with E-state index in [9.17, 15) is 28.0 Å². The smallest absolute Gasteiger partial charge is 0.330 e. The monoisotopic (exact) mass is 449 g/mol. The number of nitriles is 1. The average molecular weight is 449 g/mol. The first-order valence-electron chi connectivity index (χ1n) is 10.8. The Labute approximate surface area is 184 Å². The maximum atomic E-state index is 13.0. The third kappa shape index (κ3) is 3.95. The van der Waals surface area contributed by atoms with E-state index in [1.165, 1.54) is 17.0 Å². The highest BCUT2D eigenvalue weighted by atomic mass is 19.4. The molecule has 0 unspecified atom stereocenters. The second-order valence-corrected chi connectivity index (χ2v) is 8.83. The lowest BCUT2D eigenvalue weighted by Gasteiger charge is -2.38. The van der Waals surface area contributed by atoms with E-state index in [4.69, 9.17) is 5.73 Å². The fourth-order valence-corrected chi connectivity index (χ4v) is 5.22. The maximum Gasteiger partial charge on any atom is 0.416 e. The molecular weight excluding hydrogens is 423 g/mol. The molecule has 3 fully saturated rings. The Balaban J connectivity index is 1.39. The van der Waals surface area contributed by atoms with Gasteiger partial charge in [0.15, 0.2) is 0 Å². The molecule has 1 aromatic rings. The Morgan fingerprint density at radius 1 is 1.31 bits per heavy atom. The largest absolute Gasteiger partial charge is 0.416 e. The predicted molar refractivity (Wildman–Crippen MR) is 109 cm³/mol. The highest BCUT2D eigenvalue weighted by Crippen LogP contribution is 2.38. The first-order chi connectivity index (χ1) is 15.1. The van der Waals surface area contributed by atoms with Crippen molar-refractivity contribution in [1.82, 2.24) is 14.7 Å². The van der Waals surface area contributed by atoms with Gasteiger partial charge in [-0.05, 0) is 43.9 Å². The minimum Gasteiger partial charge on any atom is -0.330 e. The minimum absolute atomic E-state index is 0.0780. The van der Waals surface area contributed by atoms with Crippen LogP contribution >= 0.6 is 0 Å². The van der Waals surface area contributed by atoms with Crippen LogP contribution in [0.2, 0.25) is 0 Å². The van der Waals surface area contributed by atoms with Crippen molar-refractivity contribution >= 4 is 11.8 Å². The molecule has 2 bridgehead atoms. The number of carbonyl (C=O) groups excluding carboxylic acids is 2. The molecule has 0 saturated carbocycles. The van der Waals surface area contributed by atoms with Gasteiger partial charge in [-0.3, -0.25) is 14.5 Å². The Bertz CT molecular complexity index is 929. The summed E-state index contributed by atoms with van der Waals surface area (Å²) >= 11 is 0. The molecule has 3 saturated heterocycles. The van der Waals surface area contributed by atoms with Crippen molar-refractivity contribution in [2.45, 2.75) is 62.6 Å². The number of likely N-dealkylation sites (tertiary alicyclic amines) is 3. The summed E-state index contributed by atoms with van der Waals surface area (Å²) < 4.78 is 38.5. The third-order valence-corrected chi connectivity index (χ3v) is 6.89. The van der Waals surface area contributed by atoms with Gasteiger partial charge in [0.1, 0.15) is 6.04 Å². The number of rotatable bonds is 5. The molecule has 0 aromatic heterocycles. The molecule has 10 heteroatoms. The van der Waals surface area contributed by atoms with Gasteiger partial charge in [-0.15, -0.1) is 0 Å². The van der Waals surface area contributed by atoms with Crippen molar-refractivity contribution in [3.8, 4) is 6.07 Å². The summed E-state index contributed by atoms with van der Waals surface area (Å²) in [6, 6.07) is 4.98. The zero-order valence-electron chi connectivity index (χ0n) is 17.8. The number of benzene rings is 1. The van der Waals surface area contributed by atoms with Crippen molar-refractivity contribution in [2.75, 3.05) is 19.6 Å². The lowest BCUT2D eigenvalue weighted by molar-refractivity contribution is -0.141. The lowest BCUT2D eigenvalue weighted by atomic mass is 10.0. The standard InChI is InChI=1S/C22H26F3N5O2/c1-13(14-4-6-15(7-5-14)22(23,24)25)30-17-9-19(21(30)32)28(11-17)12-18(27)20(31)29-8-2-3-16(29)10-26/h4-7,13,16-19H,2-3,8-9,11-12,27H2,1H3/t13-,16+,17+,18+,19-/m1/s1. The first kappa shape index (κ1) is 22.6. The highest BCUT2D eigenvalue weighted by molar-refractivity contribution is 5.87. The first-order valence-corrected chi connectivity index (χ1v) is 10.8. The quantitative estimate of drug-likeness (QED) is 0.741.